The molecule has 0 saturated carbocycles. The van der Waals surface area contributed by atoms with Crippen molar-refractivity contribution in [3.05, 3.63) is 59.7 Å². The summed E-state index contributed by atoms with van der Waals surface area (Å²) in [5.74, 6) is 1.05. The minimum absolute atomic E-state index is 0.0697. The fourth-order valence-electron chi connectivity index (χ4n) is 8.63. The topological polar surface area (TPSA) is 147 Å². The summed E-state index contributed by atoms with van der Waals surface area (Å²) in [5, 5.41) is 18.9. The van der Waals surface area contributed by atoms with E-state index in [4.69, 9.17) is 24.4 Å². The number of likely N-dealkylation sites (N-methyl/N-ethyl adjacent to an activating group) is 2. The van der Waals surface area contributed by atoms with E-state index in [1.165, 1.54) is 0 Å². The maximum absolute atomic E-state index is 14.0. The van der Waals surface area contributed by atoms with E-state index >= 15 is 0 Å². The molecule has 4 heterocycles. The van der Waals surface area contributed by atoms with Crippen LogP contribution >= 0.6 is 48.0 Å². The summed E-state index contributed by atoms with van der Waals surface area (Å²) in [6, 6.07) is 13.2. The molecular formula is C43H60N8O4S4. The summed E-state index contributed by atoms with van der Waals surface area (Å²) in [5.41, 5.74) is 2.62. The Hall–Kier alpha value is -3.28. The van der Waals surface area contributed by atoms with E-state index < -0.39 is 35.0 Å². The SMILES string of the molecule is CN[C@@H](C)C(=S)N[C@H]1CCSC2CC(C)(C)[C@@H](C(=O)Nc3ccc(Cc4ccc(NC(=O)[C@H]5N6C(=O)[C@@H](NC(=S)[C@H](C)NC)CCSC6CC5(C)C)cc4)cc3)N2C1=O. The standard InChI is InChI=1S/C43H60N8O4S4/c1-24(44-7)38(56)48-30-17-19-58-32-22-42(3,4)34(50(32)40(30)54)36(52)46-28-13-9-26(10-14-28)21-27-11-15-29(16-12-27)47-37(53)35-43(5,6)23-33-51(35)41(55)31(18-20-59-33)49-39(57)25(2)45-8/h9-16,24-25,30-35,44-45H,17-23H2,1-8H3,(H,46,52)(H,47,53)(H,48,56)(H,49,57)/t24-,25-,30-,31-,32?,33?,34+,35+/m0/s1. The van der Waals surface area contributed by atoms with Crippen molar-refractivity contribution >= 4 is 92.9 Å². The third-order valence-electron chi connectivity index (χ3n) is 12.2. The molecule has 6 N–H and O–H groups in total. The van der Waals surface area contributed by atoms with Crippen molar-refractivity contribution in [2.75, 3.05) is 36.2 Å². The van der Waals surface area contributed by atoms with E-state index in [2.05, 4.69) is 59.6 Å². The van der Waals surface area contributed by atoms with E-state index in [1.54, 1.807) is 33.3 Å². The highest BCUT2D eigenvalue weighted by atomic mass is 32.2. The average Bonchev–Trinajstić information content (AvgIpc) is 3.51. The minimum Gasteiger partial charge on any atom is -0.367 e. The van der Waals surface area contributed by atoms with Gasteiger partial charge >= 0.3 is 0 Å². The second-order valence-electron chi connectivity index (χ2n) is 17.6. The average molecular weight is 881 g/mol. The molecule has 0 aliphatic carbocycles. The molecule has 4 aliphatic rings. The second-order valence-corrected chi connectivity index (χ2v) is 21.1. The molecule has 0 bridgehead atoms. The maximum Gasteiger partial charge on any atom is 0.247 e. The number of benzene rings is 2. The number of nitrogens with zero attached hydrogens (tertiary/aromatic N) is 2. The normalized spacial score (nSPS) is 27.1. The summed E-state index contributed by atoms with van der Waals surface area (Å²) in [7, 11) is 3.67. The number of anilines is 2. The smallest absolute Gasteiger partial charge is 0.247 e. The number of amides is 4. The molecule has 4 aliphatic heterocycles. The van der Waals surface area contributed by atoms with Gasteiger partial charge in [-0.3, -0.25) is 19.2 Å². The summed E-state index contributed by atoms with van der Waals surface area (Å²) >= 11 is 14.6. The van der Waals surface area contributed by atoms with Gasteiger partial charge in [-0.15, -0.1) is 23.5 Å². The van der Waals surface area contributed by atoms with Gasteiger partial charge < -0.3 is 41.7 Å². The third-order valence-corrected chi connectivity index (χ3v) is 15.7. The monoisotopic (exact) mass is 880 g/mol. The number of thioether (sulfide) groups is 2. The molecule has 4 amide bonds. The minimum atomic E-state index is -0.626. The van der Waals surface area contributed by atoms with Gasteiger partial charge in [0.15, 0.2) is 0 Å². The van der Waals surface area contributed by atoms with E-state index in [1.807, 2.05) is 76.5 Å². The second kappa shape index (κ2) is 18.8. The molecule has 4 fully saturated rings. The maximum atomic E-state index is 14.0. The molecule has 0 spiro atoms. The van der Waals surface area contributed by atoms with Crippen LogP contribution in [0.4, 0.5) is 11.4 Å². The quantitative estimate of drug-likeness (QED) is 0.158. The molecular weight excluding hydrogens is 821 g/mol. The van der Waals surface area contributed by atoms with Crippen LogP contribution in [0.25, 0.3) is 0 Å². The van der Waals surface area contributed by atoms with Gasteiger partial charge in [0.25, 0.3) is 0 Å². The van der Waals surface area contributed by atoms with Gasteiger partial charge in [-0.05, 0) is 118 Å². The van der Waals surface area contributed by atoms with Crippen molar-refractivity contribution in [1.29, 1.82) is 0 Å². The van der Waals surface area contributed by atoms with Crippen molar-refractivity contribution in [3.63, 3.8) is 0 Å². The van der Waals surface area contributed by atoms with Crippen LogP contribution in [0, 0.1) is 10.8 Å². The Morgan fingerprint density at radius 1 is 0.678 bits per heavy atom. The molecule has 2 aromatic carbocycles. The molecule has 8 atom stereocenters. The molecule has 0 radical (unpaired) electrons. The largest absolute Gasteiger partial charge is 0.367 e. The van der Waals surface area contributed by atoms with Crippen molar-refractivity contribution in [2.24, 2.45) is 10.8 Å². The number of rotatable bonds is 12. The number of hydrogen-bond donors (Lipinski definition) is 6. The van der Waals surface area contributed by atoms with E-state index in [9.17, 15) is 19.2 Å². The van der Waals surface area contributed by atoms with Crippen molar-refractivity contribution < 1.29 is 19.2 Å². The van der Waals surface area contributed by atoms with Gasteiger partial charge in [0.1, 0.15) is 24.2 Å². The Labute approximate surface area is 368 Å². The van der Waals surface area contributed by atoms with Gasteiger partial charge in [-0.25, -0.2) is 0 Å². The van der Waals surface area contributed by atoms with Gasteiger partial charge in [-0.1, -0.05) is 76.4 Å². The first kappa shape index (κ1) is 45.3. The lowest BCUT2D eigenvalue weighted by Crippen LogP contribution is -2.56. The zero-order chi connectivity index (χ0) is 42.8. The number of hydrogen-bond acceptors (Lipinski definition) is 10. The molecule has 4 saturated heterocycles. The first-order chi connectivity index (χ1) is 27.9. The van der Waals surface area contributed by atoms with Gasteiger partial charge in [0.2, 0.25) is 23.6 Å². The van der Waals surface area contributed by atoms with Gasteiger partial charge in [0, 0.05) is 11.4 Å². The van der Waals surface area contributed by atoms with Gasteiger partial charge in [0.05, 0.1) is 32.8 Å². The number of nitrogens with one attached hydrogen (secondary N) is 6. The molecule has 16 heteroatoms. The lowest BCUT2D eigenvalue weighted by Gasteiger charge is -2.34. The van der Waals surface area contributed by atoms with Crippen LogP contribution in [0.5, 0.6) is 0 Å². The molecule has 6 rings (SSSR count). The van der Waals surface area contributed by atoms with Crippen LogP contribution < -0.4 is 31.9 Å². The van der Waals surface area contributed by atoms with Crippen LogP contribution in [-0.2, 0) is 25.6 Å². The Morgan fingerprint density at radius 3 is 1.37 bits per heavy atom. The Morgan fingerprint density at radius 2 is 1.03 bits per heavy atom. The highest BCUT2D eigenvalue weighted by molar-refractivity contribution is 8.00. The molecule has 0 aromatic heterocycles. The summed E-state index contributed by atoms with van der Waals surface area (Å²) in [6.07, 6.45) is 3.40. The highest BCUT2D eigenvalue weighted by Gasteiger charge is 2.55. The Bertz CT molecular complexity index is 1780. The molecule has 2 aromatic rings. The zero-order valence-corrected chi connectivity index (χ0v) is 38.6. The summed E-state index contributed by atoms with van der Waals surface area (Å²) in [6.45, 7) is 12.2. The predicted octanol–water partition coefficient (Wildman–Crippen LogP) is 5.12. The first-order valence-electron chi connectivity index (χ1n) is 20.6. The van der Waals surface area contributed by atoms with Crippen LogP contribution in [0.1, 0.15) is 78.4 Å². The predicted molar refractivity (Wildman–Crippen MR) is 249 cm³/mol. The Balaban J connectivity index is 1.07. The Kier molecular flexibility index (Phi) is 14.4. The lowest BCUT2D eigenvalue weighted by atomic mass is 9.84. The highest BCUT2D eigenvalue weighted by Crippen LogP contribution is 2.48. The van der Waals surface area contributed by atoms with E-state index in [0.717, 1.165) is 35.5 Å². The van der Waals surface area contributed by atoms with Crippen molar-refractivity contribution in [1.82, 2.24) is 31.1 Å². The summed E-state index contributed by atoms with van der Waals surface area (Å²) in [4.78, 5) is 60.7. The van der Waals surface area contributed by atoms with Crippen molar-refractivity contribution in [2.45, 2.75) is 121 Å². The number of carbonyl (C=O) groups is 4. The van der Waals surface area contributed by atoms with Crippen LogP contribution in [0.15, 0.2) is 48.5 Å². The molecule has 2 unspecified atom stereocenters. The summed E-state index contributed by atoms with van der Waals surface area (Å²) < 4.78 is 0. The fraction of sp³-hybridized carbons (Fsp3) is 0.581. The van der Waals surface area contributed by atoms with E-state index in [-0.39, 0.29) is 46.5 Å². The van der Waals surface area contributed by atoms with Crippen LogP contribution in [0.3, 0.4) is 0 Å². The van der Waals surface area contributed by atoms with Gasteiger partial charge in [-0.2, -0.15) is 0 Å². The number of carbonyl (C=O) groups excluding carboxylic acids is 4. The zero-order valence-electron chi connectivity index (χ0n) is 35.3. The fourth-order valence-corrected chi connectivity index (χ4v) is 12.3. The van der Waals surface area contributed by atoms with Crippen molar-refractivity contribution in [3.8, 4) is 0 Å². The number of fused-ring (bicyclic) bond motifs is 2. The first-order valence-corrected chi connectivity index (χ1v) is 23.5. The van der Waals surface area contributed by atoms with Crippen LogP contribution in [-0.4, -0.2) is 116 Å². The third kappa shape index (κ3) is 10.1. The van der Waals surface area contributed by atoms with E-state index in [0.29, 0.717) is 40.6 Å². The number of thiocarbonyl (C=S) groups is 2. The van der Waals surface area contributed by atoms with Crippen LogP contribution in [0.2, 0.25) is 0 Å². The molecule has 320 valence electrons. The molecule has 59 heavy (non-hydrogen) atoms. The molecule has 12 nitrogen and oxygen atoms in total. The lowest BCUT2D eigenvalue weighted by molar-refractivity contribution is -0.140.